The van der Waals surface area contributed by atoms with Crippen molar-refractivity contribution in [2.75, 3.05) is 7.11 Å². The van der Waals surface area contributed by atoms with E-state index in [2.05, 4.69) is 11.7 Å². The summed E-state index contributed by atoms with van der Waals surface area (Å²) in [6, 6.07) is 0. The Hall–Kier alpha value is -1.12. The van der Waals surface area contributed by atoms with E-state index in [1.54, 1.807) is 6.08 Å². The molecule has 0 aliphatic carbocycles. The molecule has 0 amide bonds. The number of methoxy groups -OCH3 is 1. The summed E-state index contributed by atoms with van der Waals surface area (Å²) in [7, 11) is 1.29. The minimum absolute atomic E-state index is 0.176. The maximum absolute atomic E-state index is 11.1. The Kier molecular flexibility index (Phi) is 6.72. The Bertz CT molecular complexity index is 219. The van der Waals surface area contributed by atoms with Gasteiger partial charge >= 0.3 is 5.97 Å². The molecule has 80 valence electrons. The van der Waals surface area contributed by atoms with Crippen molar-refractivity contribution >= 4 is 11.8 Å². The van der Waals surface area contributed by atoms with Crippen LogP contribution in [0.1, 0.15) is 33.1 Å². The van der Waals surface area contributed by atoms with Gasteiger partial charge in [-0.2, -0.15) is 0 Å². The summed E-state index contributed by atoms with van der Waals surface area (Å²) in [5.41, 5.74) is 0. The van der Waals surface area contributed by atoms with Crippen LogP contribution in [0.15, 0.2) is 12.2 Å². The average molecular weight is 198 g/mol. The third-order valence-electron chi connectivity index (χ3n) is 1.95. The van der Waals surface area contributed by atoms with E-state index in [-0.39, 0.29) is 5.78 Å². The van der Waals surface area contributed by atoms with E-state index in [0.717, 1.165) is 19.3 Å². The maximum Gasteiger partial charge on any atom is 0.320 e. The van der Waals surface area contributed by atoms with Gasteiger partial charge in [-0.15, -0.1) is 0 Å². The van der Waals surface area contributed by atoms with E-state index in [0.29, 0.717) is 0 Å². The van der Waals surface area contributed by atoms with E-state index in [1.165, 1.54) is 14.0 Å². The molecule has 0 bridgehead atoms. The zero-order valence-corrected chi connectivity index (χ0v) is 9.08. The van der Waals surface area contributed by atoms with Crippen molar-refractivity contribution in [1.82, 2.24) is 0 Å². The fraction of sp³-hybridized carbons (Fsp3) is 0.636. The van der Waals surface area contributed by atoms with Crippen LogP contribution in [0.3, 0.4) is 0 Å². The first-order valence-electron chi connectivity index (χ1n) is 4.88. The quantitative estimate of drug-likeness (QED) is 0.284. The van der Waals surface area contributed by atoms with Gasteiger partial charge in [-0.3, -0.25) is 9.59 Å². The summed E-state index contributed by atoms with van der Waals surface area (Å²) in [5, 5.41) is 0. The Morgan fingerprint density at radius 3 is 2.50 bits per heavy atom. The van der Waals surface area contributed by atoms with Gasteiger partial charge in [-0.1, -0.05) is 31.9 Å². The summed E-state index contributed by atoms with van der Waals surface area (Å²) in [6.45, 7) is 3.49. The fourth-order valence-corrected chi connectivity index (χ4v) is 1.06. The Balaban J connectivity index is 4.16. The summed E-state index contributed by atoms with van der Waals surface area (Å²) >= 11 is 0. The first kappa shape index (κ1) is 12.9. The molecule has 0 spiro atoms. The van der Waals surface area contributed by atoms with Crippen LogP contribution in [0.5, 0.6) is 0 Å². The Morgan fingerprint density at radius 1 is 1.43 bits per heavy atom. The Labute approximate surface area is 85.1 Å². The summed E-state index contributed by atoms with van der Waals surface area (Å²) in [5.74, 6) is -1.38. The topological polar surface area (TPSA) is 43.4 Å². The summed E-state index contributed by atoms with van der Waals surface area (Å²) in [4.78, 5) is 22.2. The number of hydrogen-bond donors (Lipinski definition) is 0. The van der Waals surface area contributed by atoms with Gasteiger partial charge in [0, 0.05) is 0 Å². The predicted octanol–water partition coefficient (Wildman–Crippen LogP) is 2.11. The zero-order valence-electron chi connectivity index (χ0n) is 9.08. The highest BCUT2D eigenvalue weighted by Crippen LogP contribution is 2.05. The van der Waals surface area contributed by atoms with Crippen molar-refractivity contribution in [3.8, 4) is 0 Å². The zero-order chi connectivity index (χ0) is 11.0. The van der Waals surface area contributed by atoms with Crippen LogP contribution in [0.2, 0.25) is 0 Å². The van der Waals surface area contributed by atoms with E-state index < -0.39 is 11.9 Å². The molecule has 0 aromatic carbocycles. The predicted molar refractivity (Wildman–Crippen MR) is 54.9 cm³/mol. The van der Waals surface area contributed by atoms with Crippen molar-refractivity contribution in [2.45, 2.75) is 33.1 Å². The number of unbranched alkanes of at least 4 members (excludes halogenated alkanes) is 2. The number of carbonyl (C=O) groups is 2. The summed E-state index contributed by atoms with van der Waals surface area (Å²) in [6.07, 6.45) is 6.57. The number of rotatable bonds is 6. The lowest BCUT2D eigenvalue weighted by Gasteiger charge is -2.05. The van der Waals surface area contributed by atoms with Crippen LogP contribution < -0.4 is 0 Å². The monoisotopic (exact) mass is 198 g/mol. The van der Waals surface area contributed by atoms with E-state index in [1.807, 2.05) is 6.08 Å². The lowest BCUT2D eigenvalue weighted by Crippen LogP contribution is -2.20. The van der Waals surface area contributed by atoms with Crippen LogP contribution >= 0.6 is 0 Å². The van der Waals surface area contributed by atoms with Gasteiger partial charge in [0.05, 0.1) is 7.11 Å². The van der Waals surface area contributed by atoms with Crippen molar-refractivity contribution in [3.63, 3.8) is 0 Å². The average Bonchev–Trinajstić information content (AvgIpc) is 2.16. The minimum atomic E-state index is -0.725. The Morgan fingerprint density at radius 2 is 2.07 bits per heavy atom. The molecule has 0 fully saturated rings. The highest BCUT2D eigenvalue weighted by Gasteiger charge is 2.20. The van der Waals surface area contributed by atoms with Gasteiger partial charge in [-0.25, -0.2) is 0 Å². The molecule has 0 aromatic rings. The molecule has 0 saturated heterocycles. The smallest absolute Gasteiger partial charge is 0.320 e. The maximum atomic E-state index is 11.1. The number of allylic oxidation sites excluding steroid dienone is 1. The van der Waals surface area contributed by atoms with Gasteiger partial charge in [0.2, 0.25) is 0 Å². The fourth-order valence-electron chi connectivity index (χ4n) is 1.06. The van der Waals surface area contributed by atoms with Gasteiger partial charge in [0.1, 0.15) is 11.7 Å². The molecule has 3 heteroatoms. The van der Waals surface area contributed by atoms with Gasteiger partial charge < -0.3 is 4.74 Å². The van der Waals surface area contributed by atoms with Gasteiger partial charge in [0.25, 0.3) is 0 Å². The van der Waals surface area contributed by atoms with Gasteiger partial charge in [0.15, 0.2) is 0 Å². The molecule has 3 nitrogen and oxygen atoms in total. The molecule has 0 heterocycles. The molecule has 0 rings (SSSR count). The van der Waals surface area contributed by atoms with E-state index in [9.17, 15) is 9.59 Å². The first-order chi connectivity index (χ1) is 6.63. The lowest BCUT2D eigenvalue weighted by atomic mass is 10.0. The molecular formula is C11H18O3. The van der Waals surface area contributed by atoms with E-state index in [4.69, 9.17) is 0 Å². The number of ether oxygens (including phenoxy) is 1. The SMILES string of the molecule is CCCCC=CC(C(C)=O)C(=O)OC. The van der Waals surface area contributed by atoms with Crippen molar-refractivity contribution in [3.05, 3.63) is 12.2 Å². The standard InChI is InChI=1S/C11H18O3/c1-4-5-6-7-8-10(9(2)12)11(13)14-3/h7-8,10H,4-6H2,1-3H3. The number of esters is 1. The van der Waals surface area contributed by atoms with Crippen molar-refractivity contribution in [1.29, 1.82) is 0 Å². The van der Waals surface area contributed by atoms with Crippen molar-refractivity contribution < 1.29 is 14.3 Å². The molecule has 0 aromatic heterocycles. The van der Waals surface area contributed by atoms with Crippen LogP contribution in [0, 0.1) is 5.92 Å². The molecule has 1 atom stereocenters. The molecule has 0 aliphatic rings. The number of carbonyl (C=O) groups excluding carboxylic acids is 2. The second-order valence-electron chi connectivity index (χ2n) is 3.18. The number of Topliss-reactive ketones (excluding diaryl/α,β-unsaturated/α-hetero) is 1. The van der Waals surface area contributed by atoms with Crippen LogP contribution in [0.4, 0.5) is 0 Å². The molecular weight excluding hydrogens is 180 g/mol. The van der Waals surface area contributed by atoms with E-state index >= 15 is 0 Å². The summed E-state index contributed by atoms with van der Waals surface area (Å²) < 4.78 is 4.52. The van der Waals surface area contributed by atoms with Gasteiger partial charge in [-0.05, 0) is 13.3 Å². The second kappa shape index (κ2) is 7.30. The molecule has 0 aliphatic heterocycles. The molecule has 1 unspecified atom stereocenters. The normalized spacial score (nSPS) is 12.8. The van der Waals surface area contributed by atoms with Crippen molar-refractivity contribution in [2.24, 2.45) is 5.92 Å². The largest absolute Gasteiger partial charge is 0.468 e. The van der Waals surface area contributed by atoms with Crippen LogP contribution in [-0.2, 0) is 14.3 Å². The lowest BCUT2D eigenvalue weighted by molar-refractivity contribution is -0.146. The highest BCUT2D eigenvalue weighted by atomic mass is 16.5. The number of ketones is 1. The van der Waals surface area contributed by atoms with Crippen LogP contribution in [0.25, 0.3) is 0 Å². The molecule has 0 radical (unpaired) electrons. The second-order valence-corrected chi connectivity index (χ2v) is 3.18. The third kappa shape index (κ3) is 4.80. The molecule has 0 N–H and O–H groups in total. The van der Waals surface area contributed by atoms with Crippen LogP contribution in [-0.4, -0.2) is 18.9 Å². The highest BCUT2D eigenvalue weighted by molar-refractivity contribution is 5.99. The molecule has 14 heavy (non-hydrogen) atoms. The minimum Gasteiger partial charge on any atom is -0.468 e. The number of hydrogen-bond acceptors (Lipinski definition) is 3. The first-order valence-corrected chi connectivity index (χ1v) is 4.88. The third-order valence-corrected chi connectivity index (χ3v) is 1.95. The molecule has 0 saturated carbocycles.